The quantitative estimate of drug-likeness (QED) is 0.386. The number of sulfonamides is 1. The Labute approximate surface area is 212 Å². The first-order chi connectivity index (χ1) is 16.9. The Morgan fingerprint density at radius 1 is 1.14 bits per heavy atom. The van der Waals surface area contributed by atoms with Crippen LogP contribution in [0.3, 0.4) is 0 Å². The fourth-order valence-electron chi connectivity index (χ4n) is 4.48. The number of nitrogens with zero attached hydrogens (tertiary/aromatic N) is 3. The van der Waals surface area contributed by atoms with Crippen molar-refractivity contribution in [1.29, 1.82) is 5.26 Å². The SMILES string of the molecule is CN(CS(N)(=O)=O)C(c1cn(CC(C)(C)C)c2cc(-c3c(C#N)cccc3C(F)(F)F)ccc12)C(F)F. The fourth-order valence-corrected chi connectivity index (χ4v) is 5.20. The van der Waals surface area contributed by atoms with Gasteiger partial charge in [0.1, 0.15) is 5.88 Å². The van der Waals surface area contributed by atoms with E-state index in [2.05, 4.69) is 0 Å². The number of benzene rings is 2. The lowest BCUT2D eigenvalue weighted by atomic mass is 9.93. The Bertz CT molecular complexity index is 1450. The molecular formula is C25H27F5N4O2S. The van der Waals surface area contributed by atoms with Crippen molar-refractivity contribution in [3.05, 3.63) is 59.3 Å². The average molecular weight is 543 g/mol. The summed E-state index contributed by atoms with van der Waals surface area (Å²) in [6, 6.07) is 7.68. The zero-order valence-corrected chi connectivity index (χ0v) is 21.5. The van der Waals surface area contributed by atoms with Gasteiger partial charge in [0.25, 0.3) is 6.43 Å². The number of nitrogens with two attached hydrogens (primary N) is 1. The van der Waals surface area contributed by atoms with Gasteiger partial charge in [-0.05, 0) is 36.2 Å². The monoisotopic (exact) mass is 542 g/mol. The highest BCUT2D eigenvalue weighted by atomic mass is 32.2. The summed E-state index contributed by atoms with van der Waals surface area (Å²) >= 11 is 0. The Morgan fingerprint density at radius 3 is 2.30 bits per heavy atom. The van der Waals surface area contributed by atoms with Gasteiger partial charge < -0.3 is 4.57 Å². The lowest BCUT2D eigenvalue weighted by Gasteiger charge is -2.26. The highest BCUT2D eigenvalue weighted by Crippen LogP contribution is 2.41. The molecule has 37 heavy (non-hydrogen) atoms. The van der Waals surface area contributed by atoms with Gasteiger partial charge in [0.15, 0.2) is 0 Å². The van der Waals surface area contributed by atoms with Crippen molar-refractivity contribution in [1.82, 2.24) is 9.47 Å². The number of fused-ring (bicyclic) bond motifs is 1. The minimum atomic E-state index is -4.73. The molecule has 0 bridgehead atoms. The van der Waals surface area contributed by atoms with Crippen LogP contribution in [0.25, 0.3) is 22.0 Å². The number of hydrogen-bond acceptors (Lipinski definition) is 4. The van der Waals surface area contributed by atoms with E-state index in [0.29, 0.717) is 17.4 Å². The molecule has 12 heteroatoms. The van der Waals surface area contributed by atoms with Gasteiger partial charge >= 0.3 is 6.18 Å². The first-order valence-electron chi connectivity index (χ1n) is 11.2. The molecule has 0 saturated heterocycles. The van der Waals surface area contributed by atoms with Crippen LogP contribution in [-0.4, -0.2) is 37.2 Å². The lowest BCUT2D eigenvalue weighted by molar-refractivity contribution is -0.137. The summed E-state index contributed by atoms with van der Waals surface area (Å²) < 4.78 is 94.9. The zero-order chi connectivity index (χ0) is 27.9. The van der Waals surface area contributed by atoms with Crippen LogP contribution < -0.4 is 5.14 Å². The van der Waals surface area contributed by atoms with Crippen molar-refractivity contribution in [2.75, 3.05) is 12.9 Å². The second kappa shape index (κ2) is 10.0. The minimum Gasteiger partial charge on any atom is -0.347 e. The van der Waals surface area contributed by atoms with Gasteiger partial charge in [0.05, 0.1) is 23.2 Å². The molecule has 1 unspecified atom stereocenters. The molecule has 1 atom stereocenters. The molecule has 0 fully saturated rings. The molecule has 3 rings (SSSR count). The maximum absolute atomic E-state index is 14.3. The molecule has 0 spiro atoms. The third kappa shape index (κ3) is 6.47. The molecule has 0 aliphatic rings. The molecule has 1 heterocycles. The molecule has 2 N–H and O–H groups in total. The Morgan fingerprint density at radius 2 is 1.78 bits per heavy atom. The number of aromatic nitrogens is 1. The van der Waals surface area contributed by atoms with Crippen LogP contribution in [0, 0.1) is 16.7 Å². The van der Waals surface area contributed by atoms with Crippen molar-refractivity contribution in [2.24, 2.45) is 10.6 Å². The molecule has 1 aromatic heterocycles. The van der Waals surface area contributed by atoms with Crippen LogP contribution in [-0.2, 0) is 22.7 Å². The molecule has 0 saturated carbocycles. The maximum Gasteiger partial charge on any atom is 0.417 e. The number of primary sulfonamides is 1. The van der Waals surface area contributed by atoms with Crippen LogP contribution in [0.5, 0.6) is 0 Å². The van der Waals surface area contributed by atoms with Crippen molar-refractivity contribution in [3.8, 4) is 17.2 Å². The van der Waals surface area contributed by atoms with Crippen molar-refractivity contribution < 1.29 is 30.4 Å². The largest absolute Gasteiger partial charge is 0.417 e. The summed E-state index contributed by atoms with van der Waals surface area (Å²) in [5, 5.41) is 14.9. The van der Waals surface area contributed by atoms with E-state index in [1.807, 2.05) is 20.8 Å². The third-order valence-corrected chi connectivity index (χ3v) is 6.52. The number of hydrogen-bond donors (Lipinski definition) is 1. The normalized spacial score (nSPS) is 13.9. The van der Waals surface area contributed by atoms with Gasteiger partial charge in [0.2, 0.25) is 10.0 Å². The molecule has 200 valence electrons. The zero-order valence-electron chi connectivity index (χ0n) is 20.6. The highest BCUT2D eigenvalue weighted by molar-refractivity contribution is 7.89. The molecule has 3 aromatic rings. The molecule has 0 amide bonds. The van der Waals surface area contributed by atoms with Crippen LogP contribution in [0.1, 0.15) is 43.5 Å². The van der Waals surface area contributed by atoms with Crippen molar-refractivity contribution >= 4 is 20.9 Å². The molecule has 6 nitrogen and oxygen atoms in total. The van der Waals surface area contributed by atoms with Crippen LogP contribution in [0.4, 0.5) is 22.0 Å². The topological polar surface area (TPSA) is 92.1 Å². The summed E-state index contributed by atoms with van der Waals surface area (Å²) in [5.74, 6) is -0.823. The molecule has 0 aliphatic carbocycles. The van der Waals surface area contributed by atoms with E-state index >= 15 is 0 Å². The number of alkyl halides is 5. The van der Waals surface area contributed by atoms with E-state index in [-0.39, 0.29) is 27.7 Å². The third-order valence-electron chi connectivity index (χ3n) is 5.75. The van der Waals surface area contributed by atoms with E-state index in [9.17, 15) is 35.6 Å². The number of nitriles is 1. The summed E-state index contributed by atoms with van der Waals surface area (Å²) in [6.45, 7) is 6.06. The number of halogens is 5. The summed E-state index contributed by atoms with van der Waals surface area (Å²) in [5.41, 5.74) is -1.23. The molecule has 0 radical (unpaired) electrons. The second-order valence-corrected chi connectivity index (χ2v) is 11.8. The Hall–Kier alpha value is -3.01. The van der Waals surface area contributed by atoms with Gasteiger partial charge in [-0.15, -0.1) is 0 Å². The fraction of sp³-hybridized carbons (Fsp3) is 0.400. The lowest BCUT2D eigenvalue weighted by Crippen LogP contribution is -2.36. The Balaban J connectivity index is 2.33. The summed E-state index contributed by atoms with van der Waals surface area (Å²) in [7, 11) is -2.90. The van der Waals surface area contributed by atoms with E-state index in [0.717, 1.165) is 17.0 Å². The van der Waals surface area contributed by atoms with Gasteiger partial charge in [-0.3, -0.25) is 4.90 Å². The van der Waals surface area contributed by atoms with E-state index in [1.165, 1.54) is 37.5 Å². The van der Waals surface area contributed by atoms with E-state index in [4.69, 9.17) is 5.14 Å². The van der Waals surface area contributed by atoms with Crippen LogP contribution >= 0.6 is 0 Å². The highest BCUT2D eigenvalue weighted by Gasteiger charge is 2.36. The van der Waals surface area contributed by atoms with Crippen LogP contribution in [0.15, 0.2) is 42.6 Å². The minimum absolute atomic E-state index is 0.100. The Kier molecular flexibility index (Phi) is 7.75. The van der Waals surface area contributed by atoms with Gasteiger partial charge in [0, 0.05) is 34.8 Å². The van der Waals surface area contributed by atoms with Gasteiger partial charge in [-0.2, -0.15) is 18.4 Å². The first-order valence-corrected chi connectivity index (χ1v) is 12.9. The first kappa shape index (κ1) is 28.6. The standard InChI is InChI=1S/C25H27F5N4O2S/c1-24(2,3)13-34-12-18(22(23(26)27)33(4)14-37(32,35)36)17-9-8-15(10-20(17)34)21-16(11-31)6-5-7-19(21)25(28,29)30/h5-10,12,22-23H,13-14H2,1-4H3,(H2,32,35,36). The molecule has 2 aromatic carbocycles. The van der Waals surface area contributed by atoms with Crippen molar-refractivity contribution in [2.45, 2.75) is 46.0 Å². The second-order valence-electron chi connectivity index (χ2n) is 10.2. The summed E-state index contributed by atoms with van der Waals surface area (Å²) in [6.07, 6.45) is -6.25. The summed E-state index contributed by atoms with van der Waals surface area (Å²) in [4.78, 5) is 0.927. The number of rotatable bonds is 7. The van der Waals surface area contributed by atoms with E-state index < -0.39 is 40.1 Å². The van der Waals surface area contributed by atoms with Gasteiger partial charge in [-0.1, -0.05) is 39.0 Å². The van der Waals surface area contributed by atoms with Crippen LogP contribution in [0.2, 0.25) is 0 Å². The van der Waals surface area contributed by atoms with Crippen molar-refractivity contribution in [3.63, 3.8) is 0 Å². The predicted molar refractivity (Wildman–Crippen MR) is 131 cm³/mol. The predicted octanol–water partition coefficient (Wildman–Crippen LogP) is 5.73. The van der Waals surface area contributed by atoms with E-state index in [1.54, 1.807) is 10.6 Å². The molecular weight excluding hydrogens is 515 g/mol. The van der Waals surface area contributed by atoms with Gasteiger partial charge in [-0.25, -0.2) is 22.3 Å². The molecule has 0 aliphatic heterocycles. The smallest absolute Gasteiger partial charge is 0.347 e. The maximum atomic E-state index is 14.3. The average Bonchev–Trinajstić information content (AvgIpc) is 3.06.